The van der Waals surface area contributed by atoms with E-state index in [9.17, 15) is 4.79 Å². The van der Waals surface area contributed by atoms with Crippen molar-refractivity contribution in [2.24, 2.45) is 10.7 Å². The number of aliphatic imine (C=N–C) groups is 1. The quantitative estimate of drug-likeness (QED) is 0.794. The van der Waals surface area contributed by atoms with Gasteiger partial charge in [0, 0.05) is 30.0 Å². The fourth-order valence-electron chi connectivity index (χ4n) is 3.12. The first-order valence-electron chi connectivity index (χ1n) is 9.14. The lowest BCUT2D eigenvalue weighted by molar-refractivity contribution is -0.127. The second-order valence-corrected chi connectivity index (χ2v) is 7.55. The minimum atomic E-state index is 0.0781. The number of carbonyl (C=O) groups is 1. The first-order valence-corrected chi connectivity index (χ1v) is 9.96. The Hall–Kier alpha value is -2.40. The average molecular weight is 368 g/mol. The smallest absolute Gasteiger partial charge is 0.250 e. The highest BCUT2D eigenvalue weighted by Crippen LogP contribution is 2.39. The molecule has 1 aliphatic rings. The van der Waals surface area contributed by atoms with Crippen molar-refractivity contribution < 1.29 is 4.79 Å². The van der Waals surface area contributed by atoms with Crippen LogP contribution in [-0.2, 0) is 4.79 Å². The fraction of sp³-hybridized carbons (Fsp3) is 0.333. The molecule has 3 rings (SSSR count). The lowest BCUT2D eigenvalue weighted by Crippen LogP contribution is -2.34. The van der Waals surface area contributed by atoms with E-state index >= 15 is 0 Å². The zero-order valence-corrected chi connectivity index (χ0v) is 16.2. The molecule has 2 heterocycles. The average Bonchev–Trinajstić information content (AvgIpc) is 2.96. The van der Waals surface area contributed by atoms with E-state index in [0.29, 0.717) is 12.3 Å². The molecule has 0 atom stereocenters. The monoisotopic (exact) mass is 367 g/mol. The van der Waals surface area contributed by atoms with E-state index in [1.807, 2.05) is 29.2 Å². The maximum Gasteiger partial charge on any atom is 0.250 e. The van der Waals surface area contributed by atoms with Gasteiger partial charge in [0.1, 0.15) is 5.84 Å². The van der Waals surface area contributed by atoms with Gasteiger partial charge in [0.25, 0.3) is 0 Å². The van der Waals surface area contributed by atoms with Gasteiger partial charge in [0.05, 0.1) is 10.6 Å². The minimum Gasteiger partial charge on any atom is -0.387 e. The number of benzene rings is 1. The van der Waals surface area contributed by atoms with Crippen molar-refractivity contribution in [1.82, 2.24) is 4.90 Å². The van der Waals surface area contributed by atoms with Crippen LogP contribution in [0.2, 0.25) is 0 Å². The molecule has 0 saturated carbocycles. The Kier molecular flexibility index (Phi) is 5.89. The van der Waals surface area contributed by atoms with Crippen LogP contribution in [0.3, 0.4) is 0 Å². The predicted molar refractivity (Wildman–Crippen MR) is 111 cm³/mol. The third kappa shape index (κ3) is 4.05. The molecule has 4 nitrogen and oxygen atoms in total. The third-order valence-electron chi connectivity index (χ3n) is 4.29. The zero-order valence-electron chi connectivity index (χ0n) is 15.4. The minimum absolute atomic E-state index is 0.0781. The van der Waals surface area contributed by atoms with Crippen LogP contribution >= 0.6 is 11.3 Å². The summed E-state index contributed by atoms with van der Waals surface area (Å²) in [5, 5.41) is 0. The molecule has 5 heteroatoms. The largest absolute Gasteiger partial charge is 0.387 e. The number of hydrogen-bond donors (Lipinski definition) is 1. The van der Waals surface area contributed by atoms with Gasteiger partial charge in [-0.3, -0.25) is 4.79 Å². The molecule has 2 aromatic rings. The van der Waals surface area contributed by atoms with Gasteiger partial charge in [-0.1, -0.05) is 44.2 Å². The van der Waals surface area contributed by atoms with Crippen LogP contribution in [0.5, 0.6) is 0 Å². The summed E-state index contributed by atoms with van der Waals surface area (Å²) in [4.78, 5) is 21.6. The molecule has 0 radical (unpaired) electrons. The second-order valence-electron chi connectivity index (χ2n) is 6.47. The van der Waals surface area contributed by atoms with E-state index in [1.54, 1.807) is 11.3 Å². The molecule has 1 aliphatic heterocycles. The summed E-state index contributed by atoms with van der Waals surface area (Å²) in [7, 11) is 0. The number of thiophene rings is 1. The second kappa shape index (κ2) is 8.32. The van der Waals surface area contributed by atoms with Crippen LogP contribution in [0, 0.1) is 0 Å². The van der Waals surface area contributed by atoms with Gasteiger partial charge in [-0.15, -0.1) is 11.3 Å². The Bertz CT molecular complexity index is 830. The van der Waals surface area contributed by atoms with E-state index in [2.05, 4.69) is 37.0 Å². The Morgan fingerprint density at radius 1 is 1.19 bits per heavy atom. The van der Waals surface area contributed by atoms with E-state index in [0.717, 1.165) is 52.5 Å². The zero-order chi connectivity index (χ0) is 18.5. The fourth-order valence-corrected chi connectivity index (χ4v) is 4.20. The molecule has 0 saturated heterocycles. The molecule has 0 spiro atoms. The van der Waals surface area contributed by atoms with Crippen LogP contribution in [0.15, 0.2) is 47.0 Å². The first kappa shape index (κ1) is 18.4. The van der Waals surface area contributed by atoms with E-state index in [-0.39, 0.29) is 5.91 Å². The molecule has 1 aromatic heterocycles. The van der Waals surface area contributed by atoms with Gasteiger partial charge >= 0.3 is 0 Å². The molecule has 136 valence electrons. The van der Waals surface area contributed by atoms with Gasteiger partial charge in [-0.2, -0.15) is 0 Å². The number of amidine groups is 1. The molecular formula is C21H25N3OS. The van der Waals surface area contributed by atoms with Crippen molar-refractivity contribution in [3.63, 3.8) is 0 Å². The first-order chi connectivity index (χ1) is 12.6. The van der Waals surface area contributed by atoms with Gasteiger partial charge in [0.2, 0.25) is 5.91 Å². The highest BCUT2D eigenvalue weighted by molar-refractivity contribution is 7.17. The number of carbonyl (C=O) groups excluding carboxylic acids is 1. The topological polar surface area (TPSA) is 58.7 Å². The van der Waals surface area contributed by atoms with E-state index in [1.165, 1.54) is 0 Å². The van der Waals surface area contributed by atoms with Crippen LogP contribution < -0.4 is 5.73 Å². The lowest BCUT2D eigenvalue weighted by atomic mass is 10.1. The number of nitrogens with zero attached hydrogens (tertiary/aromatic N) is 2. The predicted octanol–water partition coefficient (Wildman–Crippen LogP) is 4.84. The Balaban J connectivity index is 1.96. The summed E-state index contributed by atoms with van der Waals surface area (Å²) in [6.45, 7) is 5.73. The Labute approximate surface area is 159 Å². The summed E-state index contributed by atoms with van der Waals surface area (Å²) in [6, 6.07) is 12.3. The van der Waals surface area contributed by atoms with Crippen molar-refractivity contribution in [2.75, 3.05) is 13.1 Å². The third-order valence-corrected chi connectivity index (χ3v) is 5.41. The Morgan fingerprint density at radius 3 is 2.54 bits per heavy atom. The molecule has 1 aromatic carbocycles. The van der Waals surface area contributed by atoms with Gasteiger partial charge in [-0.25, -0.2) is 4.99 Å². The maximum atomic E-state index is 13.0. The highest BCUT2D eigenvalue weighted by atomic mass is 32.1. The SMILES string of the molecule is CCCN(CCC)C(=O)C1=Cc2sc(-c3ccccc3)cc2N=C(N)C1. The number of hydrogen-bond acceptors (Lipinski definition) is 4. The van der Waals surface area contributed by atoms with E-state index < -0.39 is 0 Å². The molecule has 0 aliphatic carbocycles. The summed E-state index contributed by atoms with van der Waals surface area (Å²) < 4.78 is 0. The van der Waals surface area contributed by atoms with Crippen LogP contribution in [0.1, 0.15) is 38.0 Å². The molecule has 0 fully saturated rings. The maximum absolute atomic E-state index is 13.0. The molecular weight excluding hydrogens is 342 g/mol. The Morgan fingerprint density at radius 2 is 1.88 bits per heavy atom. The molecule has 0 unspecified atom stereocenters. The standard InChI is InChI=1S/C21H25N3OS/c1-3-10-24(11-4-2)21(25)16-12-19-17(23-20(22)13-16)14-18(26-19)15-8-6-5-7-9-15/h5-9,12,14H,3-4,10-11,13H2,1-2H3,(H2,22,23). The van der Waals surface area contributed by atoms with Crippen molar-refractivity contribution in [1.29, 1.82) is 0 Å². The van der Waals surface area contributed by atoms with Gasteiger partial charge in [-0.05, 0) is 30.5 Å². The van der Waals surface area contributed by atoms with Crippen LogP contribution in [0.25, 0.3) is 16.5 Å². The van der Waals surface area contributed by atoms with Crippen molar-refractivity contribution in [3.05, 3.63) is 46.8 Å². The molecule has 1 amide bonds. The summed E-state index contributed by atoms with van der Waals surface area (Å²) in [5.41, 5.74) is 8.85. The molecule has 26 heavy (non-hydrogen) atoms. The summed E-state index contributed by atoms with van der Waals surface area (Å²) >= 11 is 1.65. The number of amides is 1. The number of nitrogens with two attached hydrogens (primary N) is 1. The van der Waals surface area contributed by atoms with Crippen LogP contribution in [-0.4, -0.2) is 29.7 Å². The van der Waals surface area contributed by atoms with Gasteiger partial charge in [0.15, 0.2) is 0 Å². The van der Waals surface area contributed by atoms with Crippen molar-refractivity contribution in [3.8, 4) is 10.4 Å². The molecule has 2 N–H and O–H groups in total. The van der Waals surface area contributed by atoms with Gasteiger partial charge < -0.3 is 10.6 Å². The normalized spacial score (nSPS) is 13.5. The van der Waals surface area contributed by atoms with E-state index in [4.69, 9.17) is 5.73 Å². The van der Waals surface area contributed by atoms with Crippen LogP contribution in [0.4, 0.5) is 5.69 Å². The lowest BCUT2D eigenvalue weighted by Gasteiger charge is -2.22. The highest BCUT2D eigenvalue weighted by Gasteiger charge is 2.22. The van der Waals surface area contributed by atoms with Crippen molar-refractivity contribution >= 4 is 34.8 Å². The number of fused-ring (bicyclic) bond motifs is 1. The summed E-state index contributed by atoms with van der Waals surface area (Å²) in [5.74, 6) is 0.572. The number of rotatable bonds is 6. The summed E-state index contributed by atoms with van der Waals surface area (Å²) in [6.07, 6.45) is 4.29. The van der Waals surface area contributed by atoms with Crippen molar-refractivity contribution in [2.45, 2.75) is 33.1 Å². The molecule has 0 bridgehead atoms.